The molecule has 0 spiro atoms. The maximum atomic E-state index is 12.7. The van der Waals surface area contributed by atoms with Crippen LogP contribution in [0.25, 0.3) is 0 Å². The van der Waals surface area contributed by atoms with Crippen LogP contribution in [0.2, 0.25) is 0 Å². The number of piperidine rings is 1. The number of nitrogens with zero attached hydrogens (tertiary/aromatic N) is 3. The molecule has 31 heavy (non-hydrogen) atoms. The van der Waals surface area contributed by atoms with Crippen molar-refractivity contribution in [3.05, 3.63) is 48.2 Å². The molecule has 1 N–H and O–H groups in total. The third-order valence-electron chi connectivity index (χ3n) is 5.74. The van der Waals surface area contributed by atoms with E-state index in [1.807, 2.05) is 43.3 Å². The lowest BCUT2D eigenvalue weighted by Crippen LogP contribution is -2.44. The Morgan fingerprint density at radius 3 is 2.74 bits per heavy atom. The summed E-state index contributed by atoms with van der Waals surface area (Å²) in [6.07, 6.45) is 3.14. The zero-order valence-electron chi connectivity index (χ0n) is 17.5. The summed E-state index contributed by atoms with van der Waals surface area (Å²) < 4.78 is 5.44. The predicted octanol–water partition coefficient (Wildman–Crippen LogP) is 2.38. The molecule has 1 aromatic carbocycles. The van der Waals surface area contributed by atoms with Gasteiger partial charge < -0.3 is 19.9 Å². The molecule has 0 bridgehead atoms. The number of nitrogens with one attached hydrogen (secondary N) is 1. The Hall–Kier alpha value is -3.42. The van der Waals surface area contributed by atoms with Gasteiger partial charge in [-0.05, 0) is 49.6 Å². The van der Waals surface area contributed by atoms with Crippen molar-refractivity contribution < 1.29 is 19.1 Å². The minimum Gasteiger partial charge on any atom is -0.482 e. The summed E-state index contributed by atoms with van der Waals surface area (Å²) in [4.78, 5) is 45.1. The standard InChI is InChI=1S/C23H26N4O4/c1-16-6-10-24-20(14-16)25-23(30)17-7-11-26(12-8-17)21(28)9-13-27-18-4-2-3-5-19(18)31-15-22(27)29/h2-6,10,14,17H,7-9,11-13,15H2,1H3,(H,24,25,30). The fraction of sp³-hybridized carbons (Fsp3) is 0.391. The maximum Gasteiger partial charge on any atom is 0.265 e. The molecule has 1 saturated heterocycles. The van der Waals surface area contributed by atoms with Gasteiger partial charge in [0.05, 0.1) is 5.69 Å². The van der Waals surface area contributed by atoms with Crippen molar-refractivity contribution in [1.29, 1.82) is 0 Å². The van der Waals surface area contributed by atoms with E-state index in [0.717, 1.165) is 5.56 Å². The fourth-order valence-electron chi connectivity index (χ4n) is 3.99. The number of para-hydroxylation sites is 2. The zero-order chi connectivity index (χ0) is 21.8. The van der Waals surface area contributed by atoms with Gasteiger partial charge in [-0.1, -0.05) is 12.1 Å². The van der Waals surface area contributed by atoms with Crippen molar-refractivity contribution in [2.45, 2.75) is 26.2 Å². The highest BCUT2D eigenvalue weighted by atomic mass is 16.5. The number of pyridine rings is 1. The molecule has 3 heterocycles. The van der Waals surface area contributed by atoms with Crippen molar-refractivity contribution in [3.8, 4) is 5.75 Å². The molecule has 0 saturated carbocycles. The molecular weight excluding hydrogens is 396 g/mol. The van der Waals surface area contributed by atoms with Gasteiger partial charge in [0, 0.05) is 38.2 Å². The first-order valence-corrected chi connectivity index (χ1v) is 10.5. The number of carbonyl (C=O) groups is 3. The number of aryl methyl sites for hydroxylation is 1. The topological polar surface area (TPSA) is 91.8 Å². The number of fused-ring (bicyclic) bond motifs is 1. The predicted molar refractivity (Wildman–Crippen MR) is 116 cm³/mol. The molecular formula is C23H26N4O4. The second kappa shape index (κ2) is 9.16. The summed E-state index contributed by atoms with van der Waals surface area (Å²) >= 11 is 0. The average Bonchev–Trinajstić information content (AvgIpc) is 2.78. The van der Waals surface area contributed by atoms with Crippen LogP contribution in [0.15, 0.2) is 42.6 Å². The third-order valence-corrected chi connectivity index (χ3v) is 5.74. The van der Waals surface area contributed by atoms with E-state index >= 15 is 0 Å². The molecule has 162 valence electrons. The van der Waals surface area contributed by atoms with Crippen molar-refractivity contribution in [3.63, 3.8) is 0 Å². The summed E-state index contributed by atoms with van der Waals surface area (Å²) in [6, 6.07) is 11.1. The quantitative estimate of drug-likeness (QED) is 0.799. The van der Waals surface area contributed by atoms with E-state index in [1.54, 1.807) is 16.0 Å². The summed E-state index contributed by atoms with van der Waals surface area (Å²) in [5, 5.41) is 2.87. The first kappa shape index (κ1) is 20.8. The number of carbonyl (C=O) groups excluding carboxylic acids is 3. The van der Waals surface area contributed by atoms with Crippen molar-refractivity contribution in [1.82, 2.24) is 9.88 Å². The van der Waals surface area contributed by atoms with Gasteiger partial charge in [-0.25, -0.2) is 4.98 Å². The Labute approximate surface area is 181 Å². The first-order valence-electron chi connectivity index (χ1n) is 10.5. The van der Waals surface area contributed by atoms with Gasteiger partial charge in [0.1, 0.15) is 11.6 Å². The van der Waals surface area contributed by atoms with Crippen molar-refractivity contribution in [2.24, 2.45) is 5.92 Å². The van der Waals surface area contributed by atoms with E-state index < -0.39 is 0 Å². The zero-order valence-corrected chi connectivity index (χ0v) is 17.5. The van der Waals surface area contributed by atoms with Crippen LogP contribution in [-0.2, 0) is 14.4 Å². The lowest BCUT2D eigenvalue weighted by Gasteiger charge is -2.33. The Morgan fingerprint density at radius 2 is 1.97 bits per heavy atom. The second-order valence-electron chi connectivity index (χ2n) is 7.91. The Balaban J connectivity index is 1.27. The average molecular weight is 422 g/mol. The smallest absolute Gasteiger partial charge is 0.265 e. The van der Waals surface area contributed by atoms with Gasteiger partial charge in [-0.3, -0.25) is 14.4 Å². The van der Waals surface area contributed by atoms with E-state index in [9.17, 15) is 14.4 Å². The lowest BCUT2D eigenvalue weighted by molar-refractivity contribution is -0.134. The molecule has 0 aliphatic carbocycles. The van der Waals surface area contributed by atoms with E-state index in [0.29, 0.717) is 49.7 Å². The van der Waals surface area contributed by atoms with E-state index in [4.69, 9.17) is 4.74 Å². The monoisotopic (exact) mass is 422 g/mol. The van der Waals surface area contributed by atoms with Crippen LogP contribution in [-0.4, -0.2) is 53.8 Å². The lowest BCUT2D eigenvalue weighted by atomic mass is 9.95. The number of benzene rings is 1. The SMILES string of the molecule is Cc1ccnc(NC(=O)C2CCN(C(=O)CCN3C(=O)COc4ccccc43)CC2)c1. The number of anilines is 2. The number of ether oxygens (including phenoxy) is 1. The Kier molecular flexibility index (Phi) is 6.16. The Morgan fingerprint density at radius 1 is 1.19 bits per heavy atom. The Bertz CT molecular complexity index is 985. The molecule has 0 atom stereocenters. The molecule has 2 aliphatic rings. The highest BCUT2D eigenvalue weighted by Gasteiger charge is 2.29. The summed E-state index contributed by atoms with van der Waals surface area (Å²) in [5.74, 6) is 0.867. The number of amides is 3. The molecule has 8 heteroatoms. The molecule has 2 aliphatic heterocycles. The van der Waals surface area contributed by atoms with Gasteiger partial charge in [-0.2, -0.15) is 0 Å². The van der Waals surface area contributed by atoms with E-state index in [-0.39, 0.29) is 36.7 Å². The van der Waals surface area contributed by atoms with E-state index in [1.165, 1.54) is 0 Å². The number of aromatic nitrogens is 1. The number of likely N-dealkylation sites (tertiary alicyclic amines) is 1. The molecule has 2 aromatic rings. The van der Waals surface area contributed by atoms with E-state index in [2.05, 4.69) is 10.3 Å². The maximum absolute atomic E-state index is 12.7. The van der Waals surface area contributed by atoms with Crippen LogP contribution in [0.3, 0.4) is 0 Å². The van der Waals surface area contributed by atoms with Crippen LogP contribution in [0.1, 0.15) is 24.8 Å². The summed E-state index contributed by atoms with van der Waals surface area (Å²) in [7, 11) is 0. The number of hydrogen-bond donors (Lipinski definition) is 1. The summed E-state index contributed by atoms with van der Waals surface area (Å²) in [5.41, 5.74) is 1.73. The third kappa shape index (κ3) is 4.84. The highest BCUT2D eigenvalue weighted by molar-refractivity contribution is 5.98. The molecule has 4 rings (SSSR count). The van der Waals surface area contributed by atoms with Crippen LogP contribution in [0.5, 0.6) is 5.75 Å². The number of rotatable bonds is 5. The van der Waals surface area contributed by atoms with Crippen LogP contribution >= 0.6 is 0 Å². The molecule has 0 radical (unpaired) electrons. The van der Waals surface area contributed by atoms with Gasteiger partial charge in [0.2, 0.25) is 11.8 Å². The van der Waals surface area contributed by atoms with Gasteiger partial charge in [-0.15, -0.1) is 0 Å². The van der Waals surface area contributed by atoms with Gasteiger partial charge >= 0.3 is 0 Å². The van der Waals surface area contributed by atoms with Crippen LogP contribution in [0, 0.1) is 12.8 Å². The van der Waals surface area contributed by atoms with Gasteiger partial charge in [0.15, 0.2) is 6.61 Å². The molecule has 3 amide bonds. The fourth-order valence-corrected chi connectivity index (χ4v) is 3.99. The largest absolute Gasteiger partial charge is 0.482 e. The van der Waals surface area contributed by atoms with Crippen molar-refractivity contribution >= 4 is 29.2 Å². The first-order chi connectivity index (χ1) is 15.0. The minimum atomic E-state index is -0.147. The van der Waals surface area contributed by atoms with Crippen LogP contribution < -0.4 is 15.0 Å². The molecule has 1 fully saturated rings. The molecule has 8 nitrogen and oxygen atoms in total. The van der Waals surface area contributed by atoms with Gasteiger partial charge in [0.25, 0.3) is 5.91 Å². The second-order valence-corrected chi connectivity index (χ2v) is 7.91. The summed E-state index contributed by atoms with van der Waals surface area (Å²) in [6.45, 7) is 3.32. The van der Waals surface area contributed by atoms with Crippen molar-refractivity contribution in [2.75, 3.05) is 36.5 Å². The number of hydrogen-bond acceptors (Lipinski definition) is 5. The normalized spacial score (nSPS) is 16.5. The highest BCUT2D eigenvalue weighted by Crippen LogP contribution is 2.31. The molecule has 1 aromatic heterocycles. The minimum absolute atomic E-state index is 0.00372. The molecule has 0 unspecified atom stereocenters. The van der Waals surface area contributed by atoms with Crippen LogP contribution in [0.4, 0.5) is 11.5 Å².